The van der Waals surface area contributed by atoms with E-state index in [1.165, 1.54) is 0 Å². The van der Waals surface area contributed by atoms with Crippen molar-refractivity contribution in [1.29, 1.82) is 0 Å². The van der Waals surface area contributed by atoms with Crippen molar-refractivity contribution >= 4 is 28.2 Å². The summed E-state index contributed by atoms with van der Waals surface area (Å²) in [6, 6.07) is 0. The Morgan fingerprint density at radius 2 is 2.41 bits per heavy atom. The number of nitrogens with one attached hydrogen (secondary N) is 1. The summed E-state index contributed by atoms with van der Waals surface area (Å²) >= 11 is 1.14. The van der Waals surface area contributed by atoms with Crippen LogP contribution in [-0.4, -0.2) is 25.2 Å². The molecule has 0 aliphatic heterocycles. The number of hydrogen-bond donors (Lipinski definition) is 2. The van der Waals surface area contributed by atoms with Gasteiger partial charge in [0.05, 0.1) is 17.6 Å². The highest BCUT2D eigenvalue weighted by molar-refractivity contribution is 7.10. The largest absolute Gasteiger partial charge is 0.478 e. The number of hydrogen-bond acceptors (Lipinski definition) is 5. The fourth-order valence-corrected chi connectivity index (χ4v) is 2.25. The van der Waals surface area contributed by atoms with E-state index in [2.05, 4.69) is 14.8 Å². The predicted molar refractivity (Wildman–Crippen MR) is 65.0 cm³/mol. The van der Waals surface area contributed by atoms with E-state index in [-0.39, 0.29) is 5.56 Å². The zero-order valence-corrected chi connectivity index (χ0v) is 10.3. The molecule has 2 heterocycles. The van der Waals surface area contributed by atoms with E-state index in [1.807, 2.05) is 13.1 Å². The summed E-state index contributed by atoms with van der Waals surface area (Å²) in [5.74, 6) is -0.971. The number of anilines is 2. The van der Waals surface area contributed by atoms with Gasteiger partial charge in [0, 0.05) is 12.7 Å². The quantitative estimate of drug-likeness (QED) is 0.871. The number of carbonyl (C=O) groups is 1. The van der Waals surface area contributed by atoms with Crippen molar-refractivity contribution in [3.05, 3.63) is 23.7 Å². The van der Waals surface area contributed by atoms with Gasteiger partial charge in [0.2, 0.25) is 0 Å². The molecule has 2 rings (SSSR count). The smallest absolute Gasteiger partial charge is 0.340 e. The maximum absolute atomic E-state index is 11.1. The fourth-order valence-electron chi connectivity index (χ4n) is 1.44. The second-order valence-corrected chi connectivity index (χ2v) is 4.26. The number of rotatable bonds is 4. The fraction of sp³-hybridized carbons (Fsp3) is 0.300. The van der Waals surface area contributed by atoms with Crippen LogP contribution in [0.3, 0.4) is 0 Å². The first-order chi connectivity index (χ1) is 8.11. The lowest BCUT2D eigenvalue weighted by Gasteiger charge is -2.00. The summed E-state index contributed by atoms with van der Waals surface area (Å²) in [4.78, 5) is 11.1. The first-order valence-corrected chi connectivity index (χ1v) is 5.88. The average molecular weight is 252 g/mol. The molecule has 0 unspecified atom stereocenters. The van der Waals surface area contributed by atoms with Gasteiger partial charge in [-0.1, -0.05) is 0 Å². The van der Waals surface area contributed by atoms with Crippen molar-refractivity contribution < 1.29 is 9.90 Å². The van der Waals surface area contributed by atoms with E-state index in [1.54, 1.807) is 17.8 Å². The molecule has 0 spiro atoms. The van der Waals surface area contributed by atoms with Crippen molar-refractivity contribution in [1.82, 2.24) is 14.2 Å². The minimum atomic E-state index is -0.971. The lowest BCUT2D eigenvalue weighted by molar-refractivity contribution is 0.0697. The van der Waals surface area contributed by atoms with Gasteiger partial charge < -0.3 is 10.4 Å². The van der Waals surface area contributed by atoms with E-state index in [9.17, 15) is 4.79 Å². The summed E-state index contributed by atoms with van der Waals surface area (Å²) in [7, 11) is 0. The SMILES string of the molecule is CCn1cc(Nc2snc(C)c2C(=O)O)cn1. The molecule has 7 heteroatoms. The highest BCUT2D eigenvalue weighted by Crippen LogP contribution is 2.27. The molecule has 2 aromatic heterocycles. The Morgan fingerprint density at radius 3 is 3.00 bits per heavy atom. The highest BCUT2D eigenvalue weighted by Gasteiger charge is 2.17. The van der Waals surface area contributed by atoms with Gasteiger partial charge in [-0.15, -0.1) is 0 Å². The van der Waals surface area contributed by atoms with Crippen LogP contribution in [0.1, 0.15) is 23.0 Å². The second-order valence-electron chi connectivity index (χ2n) is 3.49. The zero-order valence-electron chi connectivity index (χ0n) is 9.47. The van der Waals surface area contributed by atoms with E-state index in [4.69, 9.17) is 5.11 Å². The summed E-state index contributed by atoms with van der Waals surface area (Å²) < 4.78 is 5.79. The molecule has 0 saturated carbocycles. The summed E-state index contributed by atoms with van der Waals surface area (Å²) in [5.41, 5.74) is 1.50. The Balaban J connectivity index is 2.27. The molecule has 0 atom stereocenters. The number of nitrogens with zero attached hydrogens (tertiary/aromatic N) is 3. The predicted octanol–water partition coefficient (Wildman–Crippen LogP) is 2.11. The maximum atomic E-state index is 11.1. The van der Waals surface area contributed by atoms with E-state index in [0.717, 1.165) is 23.8 Å². The van der Waals surface area contributed by atoms with Gasteiger partial charge in [-0.05, 0) is 25.4 Å². The van der Waals surface area contributed by atoms with Gasteiger partial charge in [-0.2, -0.15) is 9.47 Å². The molecule has 0 amide bonds. The van der Waals surface area contributed by atoms with Gasteiger partial charge in [0.25, 0.3) is 0 Å². The van der Waals surface area contributed by atoms with Crippen molar-refractivity contribution in [3.63, 3.8) is 0 Å². The van der Waals surface area contributed by atoms with Crippen LogP contribution in [0.4, 0.5) is 10.7 Å². The minimum absolute atomic E-state index is 0.222. The number of carboxylic acid groups (broad SMARTS) is 1. The molecule has 0 aliphatic rings. The van der Waals surface area contributed by atoms with Crippen LogP contribution in [0.25, 0.3) is 0 Å². The van der Waals surface area contributed by atoms with E-state index < -0.39 is 5.97 Å². The molecular formula is C10H12N4O2S. The molecule has 2 N–H and O–H groups in total. The second kappa shape index (κ2) is 4.54. The van der Waals surface area contributed by atoms with Crippen LogP contribution in [0.2, 0.25) is 0 Å². The van der Waals surface area contributed by atoms with Crippen molar-refractivity contribution in [2.75, 3.05) is 5.32 Å². The normalized spacial score (nSPS) is 10.5. The third kappa shape index (κ3) is 2.28. The van der Waals surface area contributed by atoms with E-state index >= 15 is 0 Å². The topological polar surface area (TPSA) is 80.0 Å². The highest BCUT2D eigenvalue weighted by atomic mass is 32.1. The molecule has 90 valence electrons. The molecule has 6 nitrogen and oxygen atoms in total. The summed E-state index contributed by atoms with van der Waals surface area (Å²) in [6.45, 7) is 4.44. The van der Waals surface area contributed by atoms with E-state index in [0.29, 0.717) is 10.7 Å². The number of carboxylic acids is 1. The Bertz CT molecular complexity index is 546. The Labute approximate surface area is 102 Å². The van der Waals surface area contributed by atoms with Crippen LogP contribution in [0, 0.1) is 6.92 Å². The van der Waals surface area contributed by atoms with Crippen molar-refractivity contribution in [2.24, 2.45) is 0 Å². The van der Waals surface area contributed by atoms with Gasteiger partial charge in [0.15, 0.2) is 0 Å². The van der Waals surface area contributed by atoms with Crippen LogP contribution in [-0.2, 0) is 6.54 Å². The third-order valence-corrected chi connectivity index (χ3v) is 3.15. The van der Waals surface area contributed by atoms with Crippen molar-refractivity contribution in [3.8, 4) is 0 Å². The van der Waals surface area contributed by atoms with Gasteiger partial charge in [-0.25, -0.2) is 4.79 Å². The Morgan fingerprint density at radius 1 is 1.65 bits per heavy atom. The molecule has 0 aromatic carbocycles. The third-order valence-electron chi connectivity index (χ3n) is 2.29. The first-order valence-electron chi connectivity index (χ1n) is 5.11. The monoisotopic (exact) mass is 252 g/mol. The van der Waals surface area contributed by atoms with Crippen LogP contribution in [0.5, 0.6) is 0 Å². The van der Waals surface area contributed by atoms with Gasteiger partial charge in [-0.3, -0.25) is 4.68 Å². The first kappa shape index (κ1) is 11.6. The van der Waals surface area contributed by atoms with Gasteiger partial charge >= 0.3 is 5.97 Å². The molecular weight excluding hydrogens is 240 g/mol. The average Bonchev–Trinajstić information content (AvgIpc) is 2.86. The molecule has 0 fully saturated rings. The summed E-state index contributed by atoms with van der Waals surface area (Å²) in [5, 5.41) is 16.7. The van der Waals surface area contributed by atoms with Crippen LogP contribution < -0.4 is 5.32 Å². The van der Waals surface area contributed by atoms with Crippen LogP contribution >= 0.6 is 11.5 Å². The minimum Gasteiger partial charge on any atom is -0.478 e. The van der Waals surface area contributed by atoms with Crippen molar-refractivity contribution in [2.45, 2.75) is 20.4 Å². The number of aryl methyl sites for hydroxylation is 2. The lowest BCUT2D eigenvalue weighted by Crippen LogP contribution is -2.01. The zero-order chi connectivity index (χ0) is 12.4. The molecule has 2 aromatic rings. The lowest BCUT2D eigenvalue weighted by atomic mass is 10.2. The molecule has 0 aliphatic carbocycles. The molecule has 0 radical (unpaired) electrons. The number of aromatic carboxylic acids is 1. The van der Waals surface area contributed by atoms with Gasteiger partial charge in [0.1, 0.15) is 10.6 Å². The maximum Gasteiger partial charge on any atom is 0.340 e. The molecule has 17 heavy (non-hydrogen) atoms. The van der Waals surface area contributed by atoms with Crippen LogP contribution in [0.15, 0.2) is 12.4 Å². The molecule has 0 saturated heterocycles. The number of aromatic nitrogens is 3. The molecule has 0 bridgehead atoms. The standard InChI is InChI=1S/C10H12N4O2S/c1-3-14-5-7(4-11-14)12-9-8(10(15)16)6(2)13-17-9/h4-5,12H,3H2,1-2H3,(H,15,16). The Hall–Kier alpha value is -1.89. The Kier molecular flexibility index (Phi) is 3.10. The summed E-state index contributed by atoms with van der Waals surface area (Å²) in [6.07, 6.45) is 3.48.